The molecule has 8 heteroatoms. The van der Waals surface area contributed by atoms with E-state index in [1.54, 1.807) is 6.07 Å². The summed E-state index contributed by atoms with van der Waals surface area (Å²) in [5.41, 5.74) is 0.705. The van der Waals surface area contributed by atoms with Crippen molar-refractivity contribution in [2.24, 2.45) is 0 Å². The van der Waals surface area contributed by atoms with E-state index in [1.165, 1.54) is 11.0 Å². The zero-order valence-electron chi connectivity index (χ0n) is 16.6. The standard InChI is InChI=1S/C20H29FN6O/c1-2-6-19(20-22-23-24-27(20)15-16-7-5-14-28-16)26-12-10-25(11-13-26)18-9-4-3-8-17(18)21/h3-4,8-9,16,19H,2,5-7,10-15H2,1H3/p+1/t16-,19+/m1/s1. The first-order valence-corrected chi connectivity index (χ1v) is 10.5. The number of nitrogens with zero attached hydrogens (tertiary/aromatic N) is 5. The predicted molar refractivity (Wildman–Crippen MR) is 104 cm³/mol. The average Bonchev–Trinajstić information content (AvgIpc) is 3.39. The Hall–Kier alpha value is -2.06. The molecule has 1 N–H and O–H groups in total. The number of quaternary nitrogens is 1. The Morgan fingerprint density at radius 3 is 2.82 bits per heavy atom. The molecule has 4 rings (SSSR count). The monoisotopic (exact) mass is 389 g/mol. The first-order valence-electron chi connectivity index (χ1n) is 10.5. The molecule has 7 nitrogen and oxygen atoms in total. The first-order chi connectivity index (χ1) is 13.8. The van der Waals surface area contributed by atoms with E-state index in [-0.39, 0.29) is 18.0 Å². The largest absolute Gasteiger partial charge is 0.376 e. The van der Waals surface area contributed by atoms with Gasteiger partial charge in [-0.05, 0) is 35.4 Å². The lowest BCUT2D eigenvalue weighted by Gasteiger charge is -2.37. The third kappa shape index (κ3) is 4.17. The minimum absolute atomic E-state index is 0.142. The van der Waals surface area contributed by atoms with Crippen molar-refractivity contribution in [2.45, 2.75) is 51.3 Å². The molecule has 2 aliphatic heterocycles. The van der Waals surface area contributed by atoms with Crippen LogP contribution in [0.5, 0.6) is 0 Å². The van der Waals surface area contributed by atoms with Crippen LogP contribution in [0.4, 0.5) is 10.1 Å². The SMILES string of the molecule is CCC[C@@H](c1nnnn1C[C@H]1CCCO1)[NH+]1CCN(c2ccccc2F)CC1. The molecule has 0 spiro atoms. The number of ether oxygens (including phenoxy) is 1. The van der Waals surface area contributed by atoms with Crippen molar-refractivity contribution in [1.29, 1.82) is 0 Å². The van der Waals surface area contributed by atoms with E-state index in [2.05, 4.69) is 27.3 Å². The zero-order chi connectivity index (χ0) is 19.3. The Kier molecular flexibility index (Phi) is 6.17. The number of rotatable bonds is 7. The normalized spacial score (nSPS) is 21.9. The highest BCUT2D eigenvalue weighted by molar-refractivity contribution is 5.47. The maximum absolute atomic E-state index is 14.1. The number of halogens is 1. The second kappa shape index (κ2) is 8.96. The summed E-state index contributed by atoms with van der Waals surface area (Å²) in [4.78, 5) is 3.63. The number of anilines is 1. The Morgan fingerprint density at radius 2 is 2.11 bits per heavy atom. The summed E-state index contributed by atoms with van der Waals surface area (Å²) in [7, 11) is 0. The van der Waals surface area contributed by atoms with Crippen LogP contribution in [0.3, 0.4) is 0 Å². The van der Waals surface area contributed by atoms with Gasteiger partial charge in [-0.2, -0.15) is 0 Å². The van der Waals surface area contributed by atoms with Gasteiger partial charge in [-0.1, -0.05) is 25.5 Å². The topological polar surface area (TPSA) is 60.5 Å². The van der Waals surface area contributed by atoms with Crippen LogP contribution in [-0.4, -0.2) is 59.1 Å². The van der Waals surface area contributed by atoms with Crippen LogP contribution in [0.1, 0.15) is 44.5 Å². The molecule has 0 bridgehead atoms. The summed E-state index contributed by atoms with van der Waals surface area (Å²) < 4.78 is 21.9. The van der Waals surface area contributed by atoms with Crippen LogP contribution < -0.4 is 9.80 Å². The minimum Gasteiger partial charge on any atom is -0.376 e. The fraction of sp³-hybridized carbons (Fsp3) is 0.650. The van der Waals surface area contributed by atoms with Crippen LogP contribution in [0.25, 0.3) is 0 Å². The van der Waals surface area contributed by atoms with E-state index in [0.717, 1.165) is 70.8 Å². The van der Waals surface area contributed by atoms with Gasteiger partial charge in [-0.3, -0.25) is 0 Å². The highest BCUT2D eigenvalue weighted by Gasteiger charge is 2.33. The lowest BCUT2D eigenvalue weighted by molar-refractivity contribution is -0.933. The van der Waals surface area contributed by atoms with Crippen molar-refractivity contribution in [1.82, 2.24) is 20.2 Å². The molecule has 0 aliphatic carbocycles. The van der Waals surface area contributed by atoms with Gasteiger partial charge in [0.05, 0.1) is 44.5 Å². The van der Waals surface area contributed by atoms with Crippen molar-refractivity contribution in [3.05, 3.63) is 35.9 Å². The van der Waals surface area contributed by atoms with Crippen molar-refractivity contribution < 1.29 is 14.0 Å². The molecule has 28 heavy (non-hydrogen) atoms. The Labute approximate surface area is 165 Å². The molecule has 0 unspecified atom stereocenters. The van der Waals surface area contributed by atoms with E-state index >= 15 is 0 Å². The molecule has 2 atom stereocenters. The van der Waals surface area contributed by atoms with Crippen LogP contribution in [0.15, 0.2) is 24.3 Å². The van der Waals surface area contributed by atoms with Crippen molar-refractivity contribution in [3.63, 3.8) is 0 Å². The number of nitrogens with one attached hydrogen (secondary N) is 1. The van der Waals surface area contributed by atoms with Gasteiger partial charge in [-0.15, -0.1) is 5.10 Å². The molecule has 2 fully saturated rings. The zero-order valence-corrected chi connectivity index (χ0v) is 16.6. The summed E-state index contributed by atoms with van der Waals surface area (Å²) in [5.74, 6) is 0.822. The first kappa shape index (κ1) is 19.3. The van der Waals surface area contributed by atoms with E-state index in [0.29, 0.717) is 5.69 Å². The third-order valence-electron chi connectivity index (χ3n) is 5.94. The highest BCUT2D eigenvalue weighted by atomic mass is 19.1. The van der Waals surface area contributed by atoms with Crippen molar-refractivity contribution in [2.75, 3.05) is 37.7 Å². The van der Waals surface area contributed by atoms with Gasteiger partial charge in [-0.25, -0.2) is 9.07 Å². The molecule has 2 aromatic rings. The van der Waals surface area contributed by atoms with Gasteiger partial charge in [0.25, 0.3) is 0 Å². The molecule has 0 radical (unpaired) electrons. The Bertz CT molecular complexity index is 755. The quantitative estimate of drug-likeness (QED) is 0.772. The number of hydrogen-bond acceptors (Lipinski definition) is 5. The second-order valence-corrected chi connectivity index (χ2v) is 7.79. The van der Waals surface area contributed by atoms with Gasteiger partial charge >= 0.3 is 0 Å². The van der Waals surface area contributed by atoms with Crippen molar-refractivity contribution >= 4 is 5.69 Å². The smallest absolute Gasteiger partial charge is 0.209 e. The number of piperazine rings is 1. The molecule has 3 heterocycles. The van der Waals surface area contributed by atoms with Gasteiger partial charge < -0.3 is 14.5 Å². The van der Waals surface area contributed by atoms with Gasteiger partial charge in [0.15, 0.2) is 0 Å². The van der Waals surface area contributed by atoms with Gasteiger partial charge in [0, 0.05) is 13.0 Å². The molecule has 1 aromatic heterocycles. The molecular formula is C20H30FN6O+. The molecule has 0 amide bonds. The van der Waals surface area contributed by atoms with Gasteiger partial charge in [0.2, 0.25) is 5.82 Å². The van der Waals surface area contributed by atoms with Crippen molar-refractivity contribution in [3.8, 4) is 0 Å². The number of aromatic nitrogens is 4. The molecule has 152 valence electrons. The van der Waals surface area contributed by atoms with Crippen LogP contribution in [0.2, 0.25) is 0 Å². The molecular weight excluding hydrogens is 359 g/mol. The van der Waals surface area contributed by atoms with Crippen LogP contribution in [-0.2, 0) is 11.3 Å². The second-order valence-electron chi connectivity index (χ2n) is 7.79. The number of benzene rings is 1. The third-order valence-corrected chi connectivity index (χ3v) is 5.94. The van der Waals surface area contributed by atoms with E-state index in [1.807, 2.05) is 16.8 Å². The summed E-state index contributed by atoms with van der Waals surface area (Å²) in [6, 6.07) is 7.31. The summed E-state index contributed by atoms with van der Waals surface area (Å²) >= 11 is 0. The summed E-state index contributed by atoms with van der Waals surface area (Å²) in [5, 5.41) is 12.6. The minimum atomic E-state index is -0.142. The Balaban J connectivity index is 1.44. The Morgan fingerprint density at radius 1 is 1.29 bits per heavy atom. The number of tetrazole rings is 1. The lowest BCUT2D eigenvalue weighted by atomic mass is 10.1. The molecule has 1 aromatic carbocycles. The van der Waals surface area contributed by atoms with Crippen LogP contribution >= 0.6 is 0 Å². The predicted octanol–water partition coefficient (Wildman–Crippen LogP) is 1.24. The maximum atomic E-state index is 14.1. The fourth-order valence-electron chi connectivity index (χ4n) is 4.47. The molecule has 0 saturated carbocycles. The fourth-order valence-corrected chi connectivity index (χ4v) is 4.47. The van der Waals surface area contributed by atoms with E-state index in [9.17, 15) is 4.39 Å². The molecule has 2 aliphatic rings. The summed E-state index contributed by atoms with van der Waals surface area (Å²) in [6.07, 6.45) is 4.53. The van der Waals surface area contributed by atoms with Gasteiger partial charge in [0.1, 0.15) is 11.9 Å². The van der Waals surface area contributed by atoms with Crippen LogP contribution in [0, 0.1) is 5.82 Å². The average molecular weight is 389 g/mol. The lowest BCUT2D eigenvalue weighted by Crippen LogP contribution is -3.15. The highest BCUT2D eigenvalue weighted by Crippen LogP contribution is 2.20. The maximum Gasteiger partial charge on any atom is 0.209 e. The van der Waals surface area contributed by atoms with E-state index < -0.39 is 0 Å². The summed E-state index contributed by atoms with van der Waals surface area (Å²) in [6.45, 7) is 7.35. The van der Waals surface area contributed by atoms with E-state index in [4.69, 9.17) is 4.74 Å². The number of para-hydroxylation sites is 1. The number of hydrogen-bond donors (Lipinski definition) is 1. The molecule has 2 saturated heterocycles.